The highest BCUT2D eigenvalue weighted by Crippen LogP contribution is 2.21. The number of hydrogen-bond acceptors (Lipinski definition) is 4. The summed E-state index contributed by atoms with van der Waals surface area (Å²) in [5.41, 5.74) is -0.453. The van der Waals surface area contributed by atoms with Crippen LogP contribution in [0.5, 0.6) is 0 Å². The molecule has 0 spiro atoms. The van der Waals surface area contributed by atoms with Crippen LogP contribution in [0.1, 0.15) is 46.5 Å². The van der Waals surface area contributed by atoms with Crippen LogP contribution in [0.25, 0.3) is 0 Å². The zero-order valence-corrected chi connectivity index (χ0v) is 12.9. The molecule has 1 atom stereocenters. The molecule has 114 valence electrons. The van der Waals surface area contributed by atoms with E-state index in [0.717, 1.165) is 32.4 Å². The minimum atomic E-state index is -0.453. The smallest absolute Gasteiger partial charge is 0.410 e. The maximum absolute atomic E-state index is 12.1. The lowest BCUT2D eigenvalue weighted by Crippen LogP contribution is -2.53. The number of carbonyl (C=O) groups excluding carboxylic acids is 2. The first-order valence-electron chi connectivity index (χ1n) is 7.59. The lowest BCUT2D eigenvalue weighted by molar-refractivity contribution is -0.123. The van der Waals surface area contributed by atoms with Gasteiger partial charge in [-0.25, -0.2) is 4.79 Å². The third kappa shape index (κ3) is 4.20. The first-order chi connectivity index (χ1) is 9.35. The number of piperidine rings is 2. The van der Waals surface area contributed by atoms with Crippen LogP contribution in [0.3, 0.4) is 0 Å². The Kier molecular flexibility index (Phi) is 4.68. The van der Waals surface area contributed by atoms with Crippen molar-refractivity contribution in [2.24, 2.45) is 0 Å². The Labute approximate surface area is 121 Å². The van der Waals surface area contributed by atoms with Gasteiger partial charge in [-0.1, -0.05) is 0 Å². The summed E-state index contributed by atoms with van der Waals surface area (Å²) in [6, 6.07) is 0.306. The summed E-state index contributed by atoms with van der Waals surface area (Å²) < 4.78 is 5.44. The zero-order chi connectivity index (χ0) is 14.8. The molecule has 0 aromatic carbocycles. The quantitative estimate of drug-likeness (QED) is 0.738. The summed E-state index contributed by atoms with van der Waals surface area (Å²) in [6.07, 6.45) is 3.47. The van der Waals surface area contributed by atoms with Gasteiger partial charge >= 0.3 is 6.09 Å². The Hall–Kier alpha value is -1.10. The normalized spacial score (nSPS) is 25.6. The summed E-state index contributed by atoms with van der Waals surface area (Å²) in [7, 11) is 0. The van der Waals surface area contributed by atoms with Gasteiger partial charge in [-0.2, -0.15) is 0 Å². The van der Waals surface area contributed by atoms with Crippen molar-refractivity contribution < 1.29 is 14.3 Å². The molecular formula is C15H26N2O3. The van der Waals surface area contributed by atoms with E-state index in [1.54, 1.807) is 4.90 Å². The lowest BCUT2D eigenvalue weighted by Gasteiger charge is -2.40. The van der Waals surface area contributed by atoms with Crippen molar-refractivity contribution in [3.05, 3.63) is 0 Å². The van der Waals surface area contributed by atoms with Crippen LogP contribution in [0.15, 0.2) is 0 Å². The molecule has 2 aliphatic heterocycles. The first-order valence-corrected chi connectivity index (χ1v) is 7.59. The molecule has 20 heavy (non-hydrogen) atoms. The van der Waals surface area contributed by atoms with Crippen LogP contribution in [0, 0.1) is 0 Å². The SMILES string of the molecule is CC(C)(C)OC(=O)N1CCCC(N2CCCC(=O)C2)C1. The fourth-order valence-corrected chi connectivity index (χ4v) is 2.92. The van der Waals surface area contributed by atoms with Crippen molar-refractivity contribution in [1.82, 2.24) is 9.80 Å². The standard InChI is InChI=1S/C15H26N2O3/c1-15(2,3)20-14(19)17-9-4-6-12(10-17)16-8-5-7-13(18)11-16/h12H,4-11H2,1-3H3. The molecule has 0 radical (unpaired) electrons. The summed E-state index contributed by atoms with van der Waals surface area (Å²) in [6.45, 7) is 8.61. The topological polar surface area (TPSA) is 49.9 Å². The van der Waals surface area contributed by atoms with Gasteiger partial charge in [0, 0.05) is 25.6 Å². The fraction of sp³-hybridized carbons (Fsp3) is 0.867. The average Bonchev–Trinajstić information content (AvgIpc) is 2.37. The second-order valence-corrected chi connectivity index (χ2v) is 6.84. The van der Waals surface area contributed by atoms with E-state index in [9.17, 15) is 9.59 Å². The van der Waals surface area contributed by atoms with Gasteiger partial charge in [0.2, 0.25) is 0 Å². The molecule has 0 saturated carbocycles. The van der Waals surface area contributed by atoms with E-state index in [1.807, 2.05) is 20.8 Å². The summed E-state index contributed by atoms with van der Waals surface area (Å²) >= 11 is 0. The minimum absolute atomic E-state index is 0.231. The van der Waals surface area contributed by atoms with Crippen LogP contribution in [0.2, 0.25) is 0 Å². The predicted molar refractivity (Wildman–Crippen MR) is 76.6 cm³/mol. The molecule has 2 heterocycles. The molecule has 0 aromatic heterocycles. The molecular weight excluding hydrogens is 256 g/mol. The number of nitrogens with zero attached hydrogens (tertiary/aromatic N) is 2. The van der Waals surface area contributed by atoms with Crippen LogP contribution in [0.4, 0.5) is 4.79 Å². The second-order valence-electron chi connectivity index (χ2n) is 6.84. The van der Waals surface area contributed by atoms with Gasteiger partial charge in [0.1, 0.15) is 11.4 Å². The fourth-order valence-electron chi connectivity index (χ4n) is 2.92. The first kappa shape index (κ1) is 15.3. The molecule has 2 rings (SSSR count). The number of hydrogen-bond donors (Lipinski definition) is 0. The summed E-state index contributed by atoms with van der Waals surface area (Å²) in [5.74, 6) is 0.325. The van der Waals surface area contributed by atoms with E-state index >= 15 is 0 Å². The number of carbonyl (C=O) groups is 2. The van der Waals surface area contributed by atoms with E-state index in [4.69, 9.17) is 4.74 Å². The number of Topliss-reactive ketones (excluding diaryl/α,β-unsaturated/α-hetero) is 1. The maximum Gasteiger partial charge on any atom is 0.410 e. The third-order valence-electron chi connectivity index (χ3n) is 3.84. The molecule has 5 nitrogen and oxygen atoms in total. The Balaban J connectivity index is 1.91. The van der Waals surface area contributed by atoms with E-state index in [-0.39, 0.29) is 6.09 Å². The summed E-state index contributed by atoms with van der Waals surface area (Å²) in [5, 5.41) is 0. The van der Waals surface area contributed by atoms with Gasteiger partial charge in [0.25, 0.3) is 0 Å². The third-order valence-corrected chi connectivity index (χ3v) is 3.84. The van der Waals surface area contributed by atoms with Crippen molar-refractivity contribution in [3.8, 4) is 0 Å². The average molecular weight is 282 g/mol. The molecule has 2 fully saturated rings. The van der Waals surface area contributed by atoms with E-state index in [2.05, 4.69) is 4.90 Å². The van der Waals surface area contributed by atoms with Crippen molar-refractivity contribution in [1.29, 1.82) is 0 Å². The maximum atomic E-state index is 12.1. The van der Waals surface area contributed by atoms with Gasteiger partial charge < -0.3 is 9.64 Å². The molecule has 0 aliphatic carbocycles. The van der Waals surface area contributed by atoms with E-state index in [1.165, 1.54) is 0 Å². The largest absolute Gasteiger partial charge is 0.444 e. The molecule has 1 amide bonds. The van der Waals surface area contributed by atoms with Gasteiger partial charge in [-0.05, 0) is 46.6 Å². The van der Waals surface area contributed by atoms with Gasteiger partial charge in [-0.15, -0.1) is 0 Å². The van der Waals surface area contributed by atoms with Crippen molar-refractivity contribution in [2.45, 2.75) is 58.1 Å². The van der Waals surface area contributed by atoms with Crippen molar-refractivity contribution >= 4 is 11.9 Å². The van der Waals surface area contributed by atoms with E-state index < -0.39 is 5.60 Å². The minimum Gasteiger partial charge on any atom is -0.444 e. The monoisotopic (exact) mass is 282 g/mol. The van der Waals surface area contributed by atoms with Crippen LogP contribution in [-0.2, 0) is 9.53 Å². The number of amides is 1. The molecule has 5 heteroatoms. The number of ketones is 1. The van der Waals surface area contributed by atoms with Crippen LogP contribution in [-0.4, -0.2) is 59.5 Å². The Morgan fingerprint density at radius 2 is 2.00 bits per heavy atom. The van der Waals surface area contributed by atoms with Gasteiger partial charge in [0.05, 0.1) is 6.54 Å². The molecule has 2 aliphatic rings. The van der Waals surface area contributed by atoms with Crippen LogP contribution >= 0.6 is 0 Å². The number of rotatable bonds is 1. The van der Waals surface area contributed by atoms with E-state index in [0.29, 0.717) is 31.3 Å². The van der Waals surface area contributed by atoms with Crippen molar-refractivity contribution in [3.63, 3.8) is 0 Å². The molecule has 0 bridgehead atoms. The molecule has 2 saturated heterocycles. The highest BCUT2D eigenvalue weighted by Gasteiger charge is 2.32. The highest BCUT2D eigenvalue weighted by atomic mass is 16.6. The Morgan fingerprint density at radius 1 is 1.25 bits per heavy atom. The molecule has 0 N–H and O–H groups in total. The highest BCUT2D eigenvalue weighted by molar-refractivity contribution is 5.81. The molecule has 0 aromatic rings. The van der Waals surface area contributed by atoms with Crippen molar-refractivity contribution in [2.75, 3.05) is 26.2 Å². The van der Waals surface area contributed by atoms with Crippen LogP contribution < -0.4 is 0 Å². The Bertz CT molecular complexity index is 376. The lowest BCUT2D eigenvalue weighted by atomic mass is 10.0. The number of likely N-dealkylation sites (tertiary alicyclic amines) is 2. The van der Waals surface area contributed by atoms with Gasteiger partial charge in [0.15, 0.2) is 0 Å². The predicted octanol–water partition coefficient (Wildman–Crippen LogP) is 2.05. The zero-order valence-electron chi connectivity index (χ0n) is 12.9. The number of ether oxygens (including phenoxy) is 1. The van der Waals surface area contributed by atoms with Gasteiger partial charge in [-0.3, -0.25) is 9.69 Å². The Morgan fingerprint density at radius 3 is 2.65 bits per heavy atom. The molecule has 1 unspecified atom stereocenters. The summed E-state index contributed by atoms with van der Waals surface area (Å²) in [4.78, 5) is 27.7. The second kappa shape index (κ2) is 6.12.